The SMILES string of the molecule is COc1c(O[C@@H]2O[C@@H](C)[C@H](OC(C)=O)[C@@H](O)[C@H]2O)cc2oc(-c3ccc(O)cc3)c(O[C@@H]3O[C@@H](C)[C@H](O)[C@@H](O)[C@H]3O)c(=O)c2c1O. The first-order chi connectivity index (χ1) is 21.7. The van der Waals surface area contributed by atoms with Crippen molar-refractivity contribution in [3.05, 3.63) is 40.6 Å². The molecule has 16 heteroatoms. The average Bonchev–Trinajstić information content (AvgIpc) is 3.01. The van der Waals surface area contributed by atoms with Gasteiger partial charge < -0.3 is 68.6 Å². The Labute approximate surface area is 260 Å². The van der Waals surface area contributed by atoms with Crippen molar-refractivity contribution in [3.8, 4) is 40.1 Å². The van der Waals surface area contributed by atoms with Crippen LogP contribution in [0.2, 0.25) is 0 Å². The molecular weight excluding hydrogens is 616 g/mol. The summed E-state index contributed by atoms with van der Waals surface area (Å²) in [5, 5.41) is 72.8. The molecule has 0 aliphatic carbocycles. The van der Waals surface area contributed by atoms with Crippen molar-refractivity contribution in [1.29, 1.82) is 0 Å². The summed E-state index contributed by atoms with van der Waals surface area (Å²) in [5.74, 6) is -3.10. The van der Waals surface area contributed by atoms with Crippen LogP contribution in [-0.2, 0) is 19.0 Å². The summed E-state index contributed by atoms with van der Waals surface area (Å²) in [5.41, 5.74) is -1.06. The molecule has 2 fully saturated rings. The van der Waals surface area contributed by atoms with Crippen LogP contribution in [0.3, 0.4) is 0 Å². The zero-order chi connectivity index (χ0) is 33.6. The van der Waals surface area contributed by atoms with E-state index in [0.29, 0.717) is 0 Å². The second kappa shape index (κ2) is 12.9. The van der Waals surface area contributed by atoms with Crippen LogP contribution < -0.4 is 19.6 Å². The van der Waals surface area contributed by atoms with Crippen molar-refractivity contribution in [1.82, 2.24) is 0 Å². The van der Waals surface area contributed by atoms with Crippen LogP contribution in [0, 0.1) is 0 Å². The first-order valence-electron chi connectivity index (χ1n) is 14.1. The Morgan fingerprint density at radius 1 is 0.804 bits per heavy atom. The van der Waals surface area contributed by atoms with Gasteiger partial charge in [0.25, 0.3) is 0 Å². The highest BCUT2D eigenvalue weighted by atomic mass is 16.7. The topological polar surface area (TPSA) is 244 Å². The Morgan fingerprint density at radius 2 is 1.41 bits per heavy atom. The summed E-state index contributed by atoms with van der Waals surface area (Å²) in [6, 6.07) is 6.54. The standard InChI is InChI=1S/C30H34O16/c1-10-18(33)21(36)23(38)30(41-10)46-28-20(35)17-15(44-26(28)13-5-7-14(32)8-6-13)9-16(27(40-4)19(17)34)45-29-24(39)22(37)25(11(2)42-29)43-12(3)31/h5-11,18,21-25,29-30,32-34,36-39H,1-4H3/t10-,11-,18-,21+,22-,23+,24+,25-,29-,30-/m0/s1. The number of aliphatic hydroxyl groups is 5. The molecule has 2 aromatic carbocycles. The number of aromatic hydroxyl groups is 2. The van der Waals surface area contributed by atoms with Crippen LogP contribution in [0.1, 0.15) is 20.8 Å². The van der Waals surface area contributed by atoms with Gasteiger partial charge in [0.05, 0.1) is 19.3 Å². The van der Waals surface area contributed by atoms with Crippen molar-refractivity contribution in [2.45, 2.75) is 82.2 Å². The maximum Gasteiger partial charge on any atom is 0.303 e. The van der Waals surface area contributed by atoms with Crippen molar-refractivity contribution in [3.63, 3.8) is 0 Å². The van der Waals surface area contributed by atoms with Gasteiger partial charge in [-0.15, -0.1) is 0 Å². The second-order valence-electron chi connectivity index (χ2n) is 10.9. The molecule has 46 heavy (non-hydrogen) atoms. The first kappa shape index (κ1) is 33.2. The predicted molar refractivity (Wildman–Crippen MR) is 153 cm³/mol. The Morgan fingerprint density at radius 3 is 2.04 bits per heavy atom. The van der Waals surface area contributed by atoms with Gasteiger partial charge in [0.1, 0.15) is 47.2 Å². The number of methoxy groups -OCH3 is 1. The lowest BCUT2D eigenvalue weighted by atomic mass is 9.99. The van der Waals surface area contributed by atoms with Crippen molar-refractivity contribution < 1.29 is 73.4 Å². The normalized spacial score (nSPS) is 31.3. The van der Waals surface area contributed by atoms with E-state index in [2.05, 4.69) is 0 Å². The number of phenols is 2. The molecule has 0 bridgehead atoms. The van der Waals surface area contributed by atoms with Crippen LogP contribution in [0.4, 0.5) is 0 Å². The number of aliphatic hydroxyl groups excluding tert-OH is 5. The maximum atomic E-state index is 14.0. The Kier molecular flexibility index (Phi) is 9.33. The zero-order valence-electron chi connectivity index (χ0n) is 25.0. The molecule has 7 N–H and O–H groups in total. The van der Waals surface area contributed by atoms with Crippen LogP contribution >= 0.6 is 0 Å². The van der Waals surface area contributed by atoms with Gasteiger partial charge in [-0.05, 0) is 38.1 Å². The van der Waals surface area contributed by atoms with Gasteiger partial charge >= 0.3 is 5.97 Å². The van der Waals surface area contributed by atoms with Crippen molar-refractivity contribution >= 4 is 16.9 Å². The molecule has 2 aliphatic rings. The van der Waals surface area contributed by atoms with Crippen LogP contribution in [0.15, 0.2) is 39.5 Å². The van der Waals surface area contributed by atoms with Gasteiger partial charge in [-0.2, -0.15) is 0 Å². The van der Waals surface area contributed by atoms with E-state index in [-0.39, 0.29) is 28.4 Å². The summed E-state index contributed by atoms with van der Waals surface area (Å²) in [7, 11) is 1.16. The Balaban J connectivity index is 1.61. The number of carbonyl (C=O) groups excluding carboxylic acids is 1. The number of benzene rings is 2. The molecule has 16 nitrogen and oxygen atoms in total. The first-order valence-corrected chi connectivity index (χ1v) is 14.1. The number of ether oxygens (including phenoxy) is 6. The van der Waals surface area contributed by atoms with Crippen LogP contribution in [-0.4, -0.2) is 110 Å². The van der Waals surface area contributed by atoms with Gasteiger partial charge in [-0.1, -0.05) is 0 Å². The van der Waals surface area contributed by atoms with Gasteiger partial charge in [-0.25, -0.2) is 0 Å². The highest BCUT2D eigenvalue weighted by Crippen LogP contribution is 2.45. The van der Waals surface area contributed by atoms with Crippen molar-refractivity contribution in [2.75, 3.05) is 7.11 Å². The molecule has 0 unspecified atom stereocenters. The number of fused-ring (bicyclic) bond motifs is 1. The predicted octanol–water partition coefficient (Wildman–Crippen LogP) is -0.137. The number of rotatable bonds is 7. The molecule has 1 aromatic heterocycles. The molecule has 0 spiro atoms. The molecule has 5 rings (SSSR count). The molecule has 0 radical (unpaired) electrons. The third kappa shape index (κ3) is 6.03. The number of hydrogen-bond donors (Lipinski definition) is 7. The fraction of sp³-hybridized carbons (Fsp3) is 0.467. The number of hydrogen-bond acceptors (Lipinski definition) is 16. The molecule has 2 aliphatic heterocycles. The summed E-state index contributed by atoms with van der Waals surface area (Å²) in [4.78, 5) is 25.4. The highest BCUT2D eigenvalue weighted by molar-refractivity contribution is 5.91. The average molecular weight is 651 g/mol. The number of carbonyl (C=O) groups is 1. The van der Waals surface area contributed by atoms with E-state index in [0.717, 1.165) is 20.1 Å². The van der Waals surface area contributed by atoms with E-state index in [1.54, 1.807) is 0 Å². The third-order valence-corrected chi connectivity index (χ3v) is 7.73. The summed E-state index contributed by atoms with van der Waals surface area (Å²) in [6.45, 7) is 4.03. The molecule has 250 valence electrons. The number of phenolic OH excluding ortho intramolecular Hbond substituents is 2. The molecule has 2 saturated heterocycles. The van der Waals surface area contributed by atoms with E-state index >= 15 is 0 Å². The van der Waals surface area contributed by atoms with E-state index in [4.69, 9.17) is 32.8 Å². The minimum absolute atomic E-state index is 0.109. The van der Waals surface area contributed by atoms with Crippen LogP contribution in [0.5, 0.6) is 28.7 Å². The van der Waals surface area contributed by atoms with E-state index < -0.39 is 95.4 Å². The zero-order valence-corrected chi connectivity index (χ0v) is 25.0. The monoisotopic (exact) mass is 650 g/mol. The van der Waals surface area contributed by atoms with E-state index in [9.17, 15) is 45.3 Å². The van der Waals surface area contributed by atoms with E-state index in [1.807, 2.05) is 0 Å². The minimum Gasteiger partial charge on any atom is -0.508 e. The maximum absolute atomic E-state index is 14.0. The van der Waals surface area contributed by atoms with Crippen molar-refractivity contribution in [2.24, 2.45) is 0 Å². The van der Waals surface area contributed by atoms with Gasteiger partial charge in [-0.3, -0.25) is 9.59 Å². The lowest BCUT2D eigenvalue weighted by Gasteiger charge is -2.40. The second-order valence-corrected chi connectivity index (χ2v) is 10.9. The summed E-state index contributed by atoms with van der Waals surface area (Å²) in [6.07, 6.45) is -14.7. The third-order valence-electron chi connectivity index (χ3n) is 7.73. The molecule has 3 aromatic rings. The Hall–Kier alpha value is -4.16. The highest BCUT2D eigenvalue weighted by Gasteiger charge is 2.47. The number of esters is 1. The summed E-state index contributed by atoms with van der Waals surface area (Å²) < 4.78 is 39.1. The lowest BCUT2D eigenvalue weighted by molar-refractivity contribution is -0.272. The minimum atomic E-state index is -1.80. The summed E-state index contributed by atoms with van der Waals surface area (Å²) >= 11 is 0. The van der Waals surface area contributed by atoms with Gasteiger partial charge in [0, 0.05) is 18.6 Å². The fourth-order valence-electron chi connectivity index (χ4n) is 5.28. The van der Waals surface area contributed by atoms with Gasteiger partial charge in [0.15, 0.2) is 23.4 Å². The van der Waals surface area contributed by atoms with Gasteiger partial charge in [0.2, 0.25) is 29.5 Å². The quantitative estimate of drug-likeness (QED) is 0.165. The molecule has 0 saturated carbocycles. The Bertz CT molecular complexity index is 1640. The molecule has 10 atom stereocenters. The lowest BCUT2D eigenvalue weighted by Crippen LogP contribution is -2.59. The molecule has 0 amide bonds. The molecule has 3 heterocycles. The van der Waals surface area contributed by atoms with Crippen LogP contribution in [0.25, 0.3) is 22.3 Å². The fourth-order valence-corrected chi connectivity index (χ4v) is 5.28. The largest absolute Gasteiger partial charge is 0.508 e. The molecular formula is C30H34O16. The smallest absolute Gasteiger partial charge is 0.303 e. The van der Waals surface area contributed by atoms with E-state index in [1.165, 1.54) is 38.1 Å².